The van der Waals surface area contributed by atoms with Gasteiger partial charge in [0.1, 0.15) is 0 Å². The standard InChI is InChI=1S/C30H33F3N4/c31-30(32,33)27-7-3-6-26(16-27)29(21-35,24-4-1-2-5-24)25-12-14-36(15-13-25)18-23-19-37(20-23)28-10-8-22(17-34)9-11-28/h3,6-11,16,23-25H,1-2,4-5,12-15,18-20H2. The van der Waals surface area contributed by atoms with Crippen LogP contribution in [0.15, 0.2) is 48.5 Å². The summed E-state index contributed by atoms with van der Waals surface area (Å²) in [4.78, 5) is 4.80. The molecule has 2 aromatic rings. The summed E-state index contributed by atoms with van der Waals surface area (Å²) in [6, 6.07) is 18.1. The normalized spacial score (nSPS) is 21.7. The minimum absolute atomic E-state index is 0.0665. The minimum Gasteiger partial charge on any atom is -0.371 e. The molecule has 1 aliphatic carbocycles. The summed E-state index contributed by atoms with van der Waals surface area (Å²) in [5.41, 5.74) is 0.863. The molecule has 2 saturated heterocycles. The van der Waals surface area contributed by atoms with Gasteiger partial charge in [-0.2, -0.15) is 23.7 Å². The molecule has 3 fully saturated rings. The van der Waals surface area contributed by atoms with Crippen molar-refractivity contribution in [2.75, 3.05) is 37.6 Å². The van der Waals surface area contributed by atoms with Crippen molar-refractivity contribution in [1.82, 2.24) is 4.90 Å². The molecule has 2 heterocycles. The molecule has 0 aromatic heterocycles. The summed E-state index contributed by atoms with van der Waals surface area (Å²) in [7, 11) is 0. The Labute approximate surface area is 217 Å². The third-order valence-corrected chi connectivity index (χ3v) is 8.92. The van der Waals surface area contributed by atoms with Crippen LogP contribution in [0.4, 0.5) is 18.9 Å². The highest BCUT2D eigenvalue weighted by Gasteiger charge is 2.49. The molecule has 1 unspecified atom stereocenters. The molecule has 2 aliphatic heterocycles. The second-order valence-electron chi connectivity index (χ2n) is 11.0. The lowest BCUT2D eigenvalue weighted by Crippen LogP contribution is -2.53. The molecule has 1 atom stereocenters. The maximum Gasteiger partial charge on any atom is 0.416 e. The van der Waals surface area contributed by atoms with Crippen LogP contribution in [0.2, 0.25) is 0 Å². The number of hydrogen-bond donors (Lipinski definition) is 0. The third kappa shape index (κ3) is 5.07. The van der Waals surface area contributed by atoms with E-state index in [9.17, 15) is 18.4 Å². The zero-order chi connectivity index (χ0) is 26.0. The zero-order valence-electron chi connectivity index (χ0n) is 21.1. The molecule has 3 aliphatic rings. The number of alkyl halides is 3. The summed E-state index contributed by atoms with van der Waals surface area (Å²) in [6.45, 7) is 4.74. The SMILES string of the molecule is N#Cc1ccc(N2CC(CN3CCC(C(C#N)(c4cccc(C(F)(F)F)c4)C4CCCC4)CC3)C2)cc1. The smallest absolute Gasteiger partial charge is 0.371 e. The van der Waals surface area contributed by atoms with Crippen molar-refractivity contribution in [1.29, 1.82) is 10.5 Å². The van der Waals surface area contributed by atoms with Gasteiger partial charge in [-0.1, -0.05) is 31.0 Å². The first kappa shape index (κ1) is 25.6. The van der Waals surface area contributed by atoms with Crippen LogP contribution < -0.4 is 4.90 Å². The molecule has 0 bridgehead atoms. The lowest BCUT2D eigenvalue weighted by atomic mass is 9.60. The van der Waals surface area contributed by atoms with Gasteiger partial charge in [0.25, 0.3) is 0 Å². The number of benzene rings is 2. The average molecular weight is 507 g/mol. The molecular weight excluding hydrogens is 473 g/mol. The van der Waals surface area contributed by atoms with Crippen molar-refractivity contribution >= 4 is 5.69 Å². The Morgan fingerprint density at radius 2 is 1.46 bits per heavy atom. The molecule has 0 N–H and O–H groups in total. The van der Waals surface area contributed by atoms with Gasteiger partial charge in [-0.15, -0.1) is 0 Å². The number of likely N-dealkylation sites (tertiary alicyclic amines) is 1. The summed E-state index contributed by atoms with van der Waals surface area (Å²) >= 11 is 0. The number of hydrogen-bond acceptors (Lipinski definition) is 4. The molecule has 194 valence electrons. The first-order chi connectivity index (χ1) is 17.8. The van der Waals surface area contributed by atoms with Gasteiger partial charge in [-0.05, 0) is 86.5 Å². The van der Waals surface area contributed by atoms with Crippen LogP contribution in [0.25, 0.3) is 0 Å². The van der Waals surface area contributed by atoms with E-state index < -0.39 is 17.2 Å². The van der Waals surface area contributed by atoms with Gasteiger partial charge < -0.3 is 9.80 Å². The Morgan fingerprint density at radius 3 is 2.05 bits per heavy atom. The zero-order valence-corrected chi connectivity index (χ0v) is 21.1. The summed E-state index contributed by atoms with van der Waals surface area (Å²) in [5, 5.41) is 19.6. The number of halogens is 3. The van der Waals surface area contributed by atoms with E-state index >= 15 is 0 Å². The largest absolute Gasteiger partial charge is 0.416 e. The monoisotopic (exact) mass is 506 g/mol. The van der Waals surface area contributed by atoms with E-state index in [1.54, 1.807) is 6.07 Å². The number of nitrogens with zero attached hydrogens (tertiary/aromatic N) is 4. The van der Waals surface area contributed by atoms with Crippen molar-refractivity contribution in [3.63, 3.8) is 0 Å². The van der Waals surface area contributed by atoms with Crippen molar-refractivity contribution in [3.8, 4) is 12.1 Å². The highest BCUT2D eigenvalue weighted by molar-refractivity contribution is 5.51. The van der Waals surface area contributed by atoms with Gasteiger partial charge in [0.15, 0.2) is 0 Å². The van der Waals surface area contributed by atoms with Crippen LogP contribution in [-0.2, 0) is 11.6 Å². The Hall–Kier alpha value is -3.03. The van der Waals surface area contributed by atoms with Crippen LogP contribution in [0, 0.1) is 40.4 Å². The second-order valence-corrected chi connectivity index (χ2v) is 11.0. The van der Waals surface area contributed by atoms with E-state index in [-0.39, 0.29) is 11.8 Å². The first-order valence-electron chi connectivity index (χ1n) is 13.4. The van der Waals surface area contributed by atoms with Crippen molar-refractivity contribution in [2.24, 2.45) is 17.8 Å². The fourth-order valence-electron chi connectivity index (χ4n) is 6.96. The Kier molecular flexibility index (Phi) is 7.19. The topological polar surface area (TPSA) is 54.1 Å². The van der Waals surface area contributed by atoms with Crippen LogP contribution in [0.5, 0.6) is 0 Å². The van der Waals surface area contributed by atoms with Gasteiger partial charge in [0.05, 0.1) is 28.7 Å². The minimum atomic E-state index is -4.41. The van der Waals surface area contributed by atoms with Gasteiger partial charge in [-0.3, -0.25) is 0 Å². The number of anilines is 1. The van der Waals surface area contributed by atoms with E-state index in [1.165, 1.54) is 12.1 Å². The van der Waals surface area contributed by atoms with Crippen LogP contribution >= 0.6 is 0 Å². The molecule has 0 spiro atoms. The molecule has 5 rings (SSSR count). The fraction of sp³-hybridized carbons (Fsp3) is 0.533. The van der Waals surface area contributed by atoms with Crippen molar-refractivity contribution in [3.05, 3.63) is 65.2 Å². The average Bonchev–Trinajstić information content (AvgIpc) is 3.43. The lowest BCUT2D eigenvalue weighted by Gasteiger charge is -2.47. The molecule has 0 radical (unpaired) electrons. The predicted molar refractivity (Wildman–Crippen MR) is 137 cm³/mol. The molecule has 7 heteroatoms. The van der Waals surface area contributed by atoms with Gasteiger partial charge in [0.2, 0.25) is 0 Å². The molecule has 0 amide bonds. The molecular formula is C30H33F3N4. The Balaban J connectivity index is 1.24. The van der Waals surface area contributed by atoms with E-state index in [0.717, 1.165) is 83.0 Å². The van der Waals surface area contributed by atoms with Gasteiger partial charge in [0, 0.05) is 31.2 Å². The van der Waals surface area contributed by atoms with E-state index in [0.29, 0.717) is 17.0 Å². The predicted octanol–water partition coefficient (Wildman–Crippen LogP) is 6.38. The summed E-state index contributed by atoms with van der Waals surface area (Å²) in [5.74, 6) is 0.758. The van der Waals surface area contributed by atoms with Crippen LogP contribution in [0.3, 0.4) is 0 Å². The number of piperidine rings is 1. The van der Waals surface area contributed by atoms with Gasteiger partial charge >= 0.3 is 6.18 Å². The van der Waals surface area contributed by atoms with E-state index in [4.69, 9.17) is 5.26 Å². The molecule has 4 nitrogen and oxygen atoms in total. The van der Waals surface area contributed by atoms with E-state index in [1.807, 2.05) is 24.3 Å². The molecule has 37 heavy (non-hydrogen) atoms. The lowest BCUT2D eigenvalue weighted by molar-refractivity contribution is -0.137. The van der Waals surface area contributed by atoms with Crippen molar-refractivity contribution < 1.29 is 13.2 Å². The first-order valence-corrected chi connectivity index (χ1v) is 13.4. The summed E-state index contributed by atoms with van der Waals surface area (Å²) in [6.07, 6.45) is 1.19. The second kappa shape index (κ2) is 10.4. The summed E-state index contributed by atoms with van der Waals surface area (Å²) < 4.78 is 40.7. The maximum absolute atomic E-state index is 13.6. The van der Waals surface area contributed by atoms with Crippen LogP contribution in [-0.4, -0.2) is 37.6 Å². The molecule has 2 aromatic carbocycles. The highest BCUT2D eigenvalue weighted by Crippen LogP contribution is 2.50. The Morgan fingerprint density at radius 1 is 0.838 bits per heavy atom. The quantitative estimate of drug-likeness (QED) is 0.456. The Bertz CT molecular complexity index is 1160. The third-order valence-electron chi connectivity index (χ3n) is 8.92. The molecule has 1 saturated carbocycles. The number of nitriles is 2. The number of rotatable bonds is 6. The highest BCUT2D eigenvalue weighted by atomic mass is 19.4. The van der Waals surface area contributed by atoms with Crippen LogP contribution in [0.1, 0.15) is 55.2 Å². The van der Waals surface area contributed by atoms with E-state index in [2.05, 4.69) is 21.9 Å². The van der Waals surface area contributed by atoms with Gasteiger partial charge in [-0.25, -0.2) is 0 Å². The fourth-order valence-corrected chi connectivity index (χ4v) is 6.96. The van der Waals surface area contributed by atoms with Crippen molar-refractivity contribution in [2.45, 2.75) is 50.1 Å². The maximum atomic E-state index is 13.6.